The van der Waals surface area contributed by atoms with Gasteiger partial charge in [0.25, 0.3) is 5.91 Å². The number of aryl methyl sites for hydroxylation is 1. The van der Waals surface area contributed by atoms with Crippen LogP contribution < -0.4 is 5.32 Å². The molecule has 0 bridgehead atoms. The van der Waals surface area contributed by atoms with Crippen LogP contribution >= 0.6 is 0 Å². The van der Waals surface area contributed by atoms with E-state index in [0.29, 0.717) is 19.4 Å². The monoisotopic (exact) mass is 326 g/mol. The van der Waals surface area contributed by atoms with Gasteiger partial charge in [0.05, 0.1) is 0 Å². The van der Waals surface area contributed by atoms with Crippen LogP contribution in [0.3, 0.4) is 0 Å². The second-order valence-electron chi connectivity index (χ2n) is 6.83. The van der Waals surface area contributed by atoms with Crippen LogP contribution in [0.5, 0.6) is 0 Å². The van der Waals surface area contributed by atoms with E-state index >= 15 is 0 Å². The van der Waals surface area contributed by atoms with E-state index < -0.39 is 5.60 Å². The van der Waals surface area contributed by atoms with Crippen LogP contribution in [0.4, 0.5) is 0 Å². The minimum absolute atomic E-state index is 0.0801. The van der Waals surface area contributed by atoms with Gasteiger partial charge in [-0.2, -0.15) is 0 Å². The van der Waals surface area contributed by atoms with Crippen molar-refractivity contribution in [3.8, 4) is 0 Å². The van der Waals surface area contributed by atoms with Gasteiger partial charge in [-0.1, -0.05) is 18.2 Å². The summed E-state index contributed by atoms with van der Waals surface area (Å²) in [7, 11) is 0. The van der Waals surface area contributed by atoms with Crippen molar-refractivity contribution in [3.05, 3.63) is 47.4 Å². The van der Waals surface area contributed by atoms with E-state index in [1.165, 1.54) is 17.0 Å². The summed E-state index contributed by atoms with van der Waals surface area (Å²) >= 11 is 0. The molecule has 5 nitrogen and oxygen atoms in total. The van der Waals surface area contributed by atoms with Gasteiger partial charge in [0.1, 0.15) is 5.60 Å². The Hall–Kier alpha value is -2.56. The standard InChI is InChI=1S/C19H22N2O3/c1-12-5-4-6-15-13(11-21-17(12)15)7-8-20-18(23)16-9-14(22)10-19(2,3)24-16/h4-6,9,11,21H,7-8,10H2,1-3H3,(H,20,23). The predicted octanol–water partition coefficient (Wildman–Crippen LogP) is 2.79. The average molecular weight is 326 g/mol. The maximum atomic E-state index is 12.2. The Balaban J connectivity index is 1.63. The highest BCUT2D eigenvalue weighted by atomic mass is 16.5. The van der Waals surface area contributed by atoms with E-state index in [2.05, 4.69) is 29.4 Å². The number of fused-ring (bicyclic) bond motifs is 1. The summed E-state index contributed by atoms with van der Waals surface area (Å²) in [5, 5.41) is 4.00. The normalized spacial score (nSPS) is 16.6. The highest BCUT2D eigenvalue weighted by Crippen LogP contribution is 2.25. The number of H-pyrrole nitrogens is 1. The first kappa shape index (κ1) is 16.3. The molecular formula is C19H22N2O3. The number of ketones is 1. The lowest BCUT2D eigenvalue weighted by Crippen LogP contribution is -2.37. The Kier molecular flexibility index (Phi) is 4.18. The molecule has 1 aromatic heterocycles. The molecule has 0 saturated heterocycles. The van der Waals surface area contributed by atoms with Crippen LogP contribution in [0.25, 0.3) is 10.9 Å². The minimum atomic E-state index is -0.632. The number of aromatic nitrogens is 1. The van der Waals surface area contributed by atoms with Crippen LogP contribution in [-0.2, 0) is 20.7 Å². The van der Waals surface area contributed by atoms with Gasteiger partial charge in [-0.15, -0.1) is 0 Å². The third-order valence-electron chi connectivity index (χ3n) is 4.19. The molecule has 0 fully saturated rings. The lowest BCUT2D eigenvalue weighted by Gasteiger charge is -2.29. The van der Waals surface area contributed by atoms with E-state index in [0.717, 1.165) is 11.1 Å². The maximum absolute atomic E-state index is 12.2. The fraction of sp³-hybridized carbons (Fsp3) is 0.368. The second kappa shape index (κ2) is 6.15. The highest BCUT2D eigenvalue weighted by Gasteiger charge is 2.31. The number of allylic oxidation sites excluding steroid dienone is 1. The fourth-order valence-corrected chi connectivity index (χ4v) is 3.06. The quantitative estimate of drug-likeness (QED) is 0.907. The van der Waals surface area contributed by atoms with Crippen LogP contribution in [0.2, 0.25) is 0 Å². The largest absolute Gasteiger partial charge is 0.482 e. The number of rotatable bonds is 4. The molecule has 126 valence electrons. The minimum Gasteiger partial charge on any atom is -0.482 e. The van der Waals surface area contributed by atoms with Crippen LogP contribution in [0, 0.1) is 6.92 Å². The first-order chi connectivity index (χ1) is 11.4. The lowest BCUT2D eigenvalue weighted by atomic mass is 9.98. The zero-order chi connectivity index (χ0) is 17.3. The van der Waals surface area contributed by atoms with Crippen molar-refractivity contribution in [3.63, 3.8) is 0 Å². The summed E-state index contributed by atoms with van der Waals surface area (Å²) in [6.45, 7) is 6.16. The number of amides is 1. The molecule has 0 atom stereocenters. The smallest absolute Gasteiger partial charge is 0.286 e. The lowest BCUT2D eigenvalue weighted by molar-refractivity contribution is -0.130. The Morgan fingerprint density at radius 1 is 1.38 bits per heavy atom. The van der Waals surface area contributed by atoms with Gasteiger partial charge in [0.15, 0.2) is 11.5 Å². The van der Waals surface area contributed by atoms with Crippen molar-refractivity contribution in [1.82, 2.24) is 10.3 Å². The first-order valence-electron chi connectivity index (χ1n) is 8.13. The van der Waals surface area contributed by atoms with Crippen molar-refractivity contribution in [1.29, 1.82) is 0 Å². The van der Waals surface area contributed by atoms with Gasteiger partial charge in [-0.05, 0) is 38.3 Å². The third-order valence-corrected chi connectivity index (χ3v) is 4.19. The molecule has 0 saturated carbocycles. The second-order valence-corrected chi connectivity index (χ2v) is 6.83. The molecule has 1 amide bonds. The number of hydrogen-bond donors (Lipinski definition) is 2. The molecule has 0 radical (unpaired) electrons. The van der Waals surface area contributed by atoms with Crippen LogP contribution in [0.1, 0.15) is 31.4 Å². The SMILES string of the molecule is Cc1cccc2c(CCNC(=O)C3=CC(=O)CC(C)(C)O3)c[nH]c12. The summed E-state index contributed by atoms with van der Waals surface area (Å²) in [6, 6.07) is 6.17. The molecular weight excluding hydrogens is 304 g/mol. The zero-order valence-electron chi connectivity index (χ0n) is 14.2. The summed E-state index contributed by atoms with van der Waals surface area (Å²) in [5.74, 6) is -0.318. The van der Waals surface area contributed by atoms with Gasteiger partial charge in [-0.3, -0.25) is 9.59 Å². The Morgan fingerprint density at radius 2 is 2.17 bits per heavy atom. The summed E-state index contributed by atoms with van der Waals surface area (Å²) in [6.07, 6.45) is 4.26. The number of nitrogens with one attached hydrogen (secondary N) is 2. The number of benzene rings is 1. The van der Waals surface area contributed by atoms with Gasteiger partial charge in [0, 0.05) is 36.1 Å². The predicted molar refractivity (Wildman–Crippen MR) is 92.6 cm³/mol. The van der Waals surface area contributed by atoms with Crippen molar-refractivity contribution < 1.29 is 14.3 Å². The molecule has 0 unspecified atom stereocenters. The number of hydrogen-bond acceptors (Lipinski definition) is 3. The first-order valence-corrected chi connectivity index (χ1v) is 8.13. The molecule has 5 heteroatoms. The Bertz CT molecular complexity index is 830. The number of para-hydroxylation sites is 1. The highest BCUT2D eigenvalue weighted by molar-refractivity contribution is 6.01. The molecule has 24 heavy (non-hydrogen) atoms. The van der Waals surface area contributed by atoms with Crippen LogP contribution in [-0.4, -0.2) is 28.8 Å². The summed E-state index contributed by atoms with van der Waals surface area (Å²) in [4.78, 5) is 27.2. The van der Waals surface area contributed by atoms with Gasteiger partial charge >= 0.3 is 0 Å². The molecule has 0 spiro atoms. The molecule has 0 aliphatic carbocycles. The third kappa shape index (κ3) is 3.35. The van der Waals surface area contributed by atoms with Gasteiger partial charge in [-0.25, -0.2) is 0 Å². The Morgan fingerprint density at radius 3 is 2.92 bits per heavy atom. The van der Waals surface area contributed by atoms with E-state index in [-0.39, 0.29) is 17.4 Å². The molecule has 3 rings (SSSR count). The van der Waals surface area contributed by atoms with Crippen LogP contribution in [0.15, 0.2) is 36.2 Å². The molecule has 1 aliphatic heterocycles. The topological polar surface area (TPSA) is 71.2 Å². The molecule has 1 aliphatic rings. The van der Waals surface area contributed by atoms with Crippen molar-refractivity contribution in [2.45, 2.75) is 39.2 Å². The van der Waals surface area contributed by atoms with E-state index in [9.17, 15) is 9.59 Å². The number of carbonyl (C=O) groups is 2. The molecule has 1 aromatic carbocycles. The van der Waals surface area contributed by atoms with E-state index in [1.54, 1.807) is 13.8 Å². The fourth-order valence-electron chi connectivity index (χ4n) is 3.06. The van der Waals surface area contributed by atoms with Crippen molar-refractivity contribution in [2.75, 3.05) is 6.54 Å². The zero-order valence-corrected chi connectivity index (χ0v) is 14.2. The van der Waals surface area contributed by atoms with E-state index in [1.807, 2.05) is 12.3 Å². The molecule has 2 N–H and O–H groups in total. The molecule has 2 aromatic rings. The van der Waals surface area contributed by atoms with Crippen molar-refractivity contribution >= 4 is 22.6 Å². The van der Waals surface area contributed by atoms with Gasteiger partial charge < -0.3 is 15.0 Å². The summed E-state index contributed by atoms with van der Waals surface area (Å²) < 4.78 is 5.60. The van der Waals surface area contributed by atoms with E-state index in [4.69, 9.17) is 4.74 Å². The summed E-state index contributed by atoms with van der Waals surface area (Å²) in [5.41, 5.74) is 2.85. The Labute approximate surface area is 141 Å². The average Bonchev–Trinajstić information content (AvgIpc) is 2.90. The molecule has 2 heterocycles. The van der Waals surface area contributed by atoms with Gasteiger partial charge in [0.2, 0.25) is 0 Å². The number of aromatic amines is 1. The van der Waals surface area contributed by atoms with Crippen molar-refractivity contribution in [2.24, 2.45) is 0 Å². The number of ether oxygens (including phenoxy) is 1. The maximum Gasteiger partial charge on any atom is 0.286 e. The number of carbonyl (C=O) groups excluding carboxylic acids is 2.